The molecule has 4 aromatic rings. The number of methoxy groups -OCH3 is 1. The normalized spacial score (nSPS) is 15.1. The van der Waals surface area contributed by atoms with Crippen molar-refractivity contribution in [2.24, 2.45) is 0 Å². The third kappa shape index (κ3) is 4.64. The number of likely N-dealkylation sites (tertiary alicyclic amines) is 1. The number of fused-ring (bicyclic) bond motifs is 1. The van der Waals surface area contributed by atoms with E-state index in [0.717, 1.165) is 77.3 Å². The SMILES string of the molecule is COc1cccc2ccc(CN3CCC(c4cc(-c5cnc(N)nc5)cc(C)n4)CC3)nc12. The molecule has 0 atom stereocenters. The summed E-state index contributed by atoms with van der Waals surface area (Å²) in [6.07, 6.45) is 5.69. The Balaban J connectivity index is 1.28. The molecule has 7 nitrogen and oxygen atoms in total. The molecule has 5 rings (SSSR count). The fourth-order valence-corrected chi connectivity index (χ4v) is 4.59. The van der Waals surface area contributed by atoms with E-state index >= 15 is 0 Å². The molecule has 0 saturated carbocycles. The van der Waals surface area contributed by atoms with E-state index in [1.807, 2.05) is 19.1 Å². The summed E-state index contributed by atoms with van der Waals surface area (Å²) in [5.41, 5.74) is 11.9. The van der Waals surface area contributed by atoms with Crippen LogP contribution in [0.2, 0.25) is 0 Å². The smallest absolute Gasteiger partial charge is 0.219 e. The van der Waals surface area contributed by atoms with E-state index in [1.165, 1.54) is 0 Å². The van der Waals surface area contributed by atoms with Crippen molar-refractivity contribution in [3.05, 3.63) is 71.9 Å². The van der Waals surface area contributed by atoms with Gasteiger partial charge in [0.2, 0.25) is 5.95 Å². The molecule has 7 heteroatoms. The number of pyridine rings is 2. The number of nitrogen functional groups attached to an aromatic ring is 1. The first-order valence-corrected chi connectivity index (χ1v) is 11.3. The van der Waals surface area contributed by atoms with Gasteiger partial charge < -0.3 is 10.5 Å². The summed E-state index contributed by atoms with van der Waals surface area (Å²) >= 11 is 0. The van der Waals surface area contributed by atoms with Gasteiger partial charge in [0.1, 0.15) is 11.3 Å². The highest BCUT2D eigenvalue weighted by Crippen LogP contribution is 2.31. The van der Waals surface area contributed by atoms with Gasteiger partial charge in [-0.3, -0.25) is 9.88 Å². The molecule has 0 unspecified atom stereocenters. The minimum atomic E-state index is 0.288. The van der Waals surface area contributed by atoms with Gasteiger partial charge in [-0.25, -0.2) is 15.0 Å². The number of rotatable bonds is 5. The molecular formula is C26H28N6O. The van der Waals surface area contributed by atoms with Crippen LogP contribution >= 0.6 is 0 Å². The van der Waals surface area contributed by atoms with E-state index in [1.54, 1.807) is 19.5 Å². The second-order valence-electron chi connectivity index (χ2n) is 8.64. The van der Waals surface area contributed by atoms with E-state index in [2.05, 4.69) is 45.2 Å². The second-order valence-corrected chi connectivity index (χ2v) is 8.64. The highest BCUT2D eigenvalue weighted by Gasteiger charge is 2.23. The minimum absolute atomic E-state index is 0.288. The van der Waals surface area contributed by atoms with Crippen LogP contribution in [0.15, 0.2) is 54.9 Å². The summed E-state index contributed by atoms with van der Waals surface area (Å²) in [6, 6.07) is 14.5. The Morgan fingerprint density at radius 3 is 2.55 bits per heavy atom. The highest BCUT2D eigenvalue weighted by molar-refractivity contribution is 5.84. The summed E-state index contributed by atoms with van der Waals surface area (Å²) in [5, 5.41) is 1.10. The topological polar surface area (TPSA) is 90.0 Å². The second kappa shape index (κ2) is 9.11. The molecule has 1 saturated heterocycles. The van der Waals surface area contributed by atoms with Gasteiger partial charge in [-0.2, -0.15) is 0 Å². The van der Waals surface area contributed by atoms with Crippen molar-refractivity contribution in [1.29, 1.82) is 0 Å². The zero-order valence-corrected chi connectivity index (χ0v) is 19.0. The number of ether oxygens (including phenoxy) is 1. The monoisotopic (exact) mass is 440 g/mol. The molecule has 0 radical (unpaired) electrons. The molecule has 1 aromatic carbocycles. The number of benzene rings is 1. The van der Waals surface area contributed by atoms with Gasteiger partial charge in [-0.15, -0.1) is 0 Å². The molecule has 1 aliphatic heterocycles. The fraction of sp³-hybridized carbons (Fsp3) is 0.308. The van der Waals surface area contributed by atoms with E-state index < -0.39 is 0 Å². The van der Waals surface area contributed by atoms with Crippen LogP contribution in [0.3, 0.4) is 0 Å². The van der Waals surface area contributed by atoms with Gasteiger partial charge in [-0.1, -0.05) is 18.2 Å². The van der Waals surface area contributed by atoms with E-state index in [4.69, 9.17) is 20.4 Å². The standard InChI is InChI=1S/C26H28N6O/c1-17-12-20(21-14-28-26(27)29-15-21)13-23(30-17)18-8-10-32(11-9-18)16-22-7-6-19-4-3-5-24(33-2)25(19)31-22/h3-7,12-15,18H,8-11,16H2,1-2H3,(H2,27,28,29). The maximum absolute atomic E-state index is 5.64. The summed E-state index contributed by atoms with van der Waals surface area (Å²) in [7, 11) is 1.69. The van der Waals surface area contributed by atoms with Crippen LogP contribution in [0.5, 0.6) is 5.75 Å². The van der Waals surface area contributed by atoms with Crippen LogP contribution in [0.25, 0.3) is 22.0 Å². The van der Waals surface area contributed by atoms with Gasteiger partial charge >= 0.3 is 0 Å². The molecule has 0 amide bonds. The molecule has 0 aliphatic carbocycles. The summed E-state index contributed by atoms with van der Waals surface area (Å²) in [4.78, 5) is 20.5. The van der Waals surface area contributed by atoms with Crippen LogP contribution in [0.4, 0.5) is 5.95 Å². The molecule has 1 aliphatic rings. The van der Waals surface area contributed by atoms with Crippen LogP contribution in [-0.4, -0.2) is 45.0 Å². The van der Waals surface area contributed by atoms with Crippen LogP contribution < -0.4 is 10.5 Å². The number of hydrogen-bond donors (Lipinski definition) is 1. The van der Waals surface area contributed by atoms with Crippen molar-refractivity contribution in [2.75, 3.05) is 25.9 Å². The Morgan fingerprint density at radius 1 is 1.00 bits per heavy atom. The van der Waals surface area contributed by atoms with Gasteiger partial charge in [-0.05, 0) is 62.7 Å². The third-order valence-corrected chi connectivity index (χ3v) is 6.33. The van der Waals surface area contributed by atoms with Crippen molar-refractivity contribution in [1.82, 2.24) is 24.8 Å². The Labute approximate surface area is 193 Å². The van der Waals surface area contributed by atoms with Crippen LogP contribution in [0.1, 0.15) is 35.8 Å². The maximum atomic E-state index is 5.64. The van der Waals surface area contributed by atoms with E-state index in [9.17, 15) is 0 Å². The Bertz CT molecular complexity index is 1270. The van der Waals surface area contributed by atoms with Crippen LogP contribution in [-0.2, 0) is 6.54 Å². The number of piperidine rings is 1. The van der Waals surface area contributed by atoms with Crippen molar-refractivity contribution >= 4 is 16.9 Å². The fourth-order valence-electron chi connectivity index (χ4n) is 4.59. The molecule has 4 heterocycles. The number of hydrogen-bond acceptors (Lipinski definition) is 7. The highest BCUT2D eigenvalue weighted by atomic mass is 16.5. The molecule has 168 valence electrons. The number of nitrogens with two attached hydrogens (primary N) is 1. The average Bonchev–Trinajstić information content (AvgIpc) is 2.84. The van der Waals surface area contributed by atoms with Crippen molar-refractivity contribution < 1.29 is 4.74 Å². The molecule has 1 fully saturated rings. The summed E-state index contributed by atoms with van der Waals surface area (Å²) in [5.74, 6) is 1.55. The van der Waals surface area contributed by atoms with E-state index in [0.29, 0.717) is 5.92 Å². The Morgan fingerprint density at radius 2 is 1.79 bits per heavy atom. The largest absolute Gasteiger partial charge is 0.494 e. The van der Waals surface area contributed by atoms with Crippen LogP contribution in [0, 0.1) is 6.92 Å². The first-order valence-electron chi connectivity index (χ1n) is 11.3. The summed E-state index contributed by atoms with van der Waals surface area (Å²) in [6.45, 7) is 4.93. The first kappa shape index (κ1) is 21.3. The van der Waals surface area contributed by atoms with Crippen molar-refractivity contribution in [3.8, 4) is 16.9 Å². The Kier molecular flexibility index (Phi) is 5.88. The Hall–Kier alpha value is -3.58. The predicted molar refractivity (Wildman–Crippen MR) is 130 cm³/mol. The lowest BCUT2D eigenvalue weighted by atomic mass is 9.91. The number of aromatic nitrogens is 4. The molecule has 0 spiro atoms. The number of anilines is 1. The van der Waals surface area contributed by atoms with Crippen molar-refractivity contribution in [3.63, 3.8) is 0 Å². The number of nitrogens with zero attached hydrogens (tertiary/aromatic N) is 5. The van der Waals surface area contributed by atoms with Gasteiger partial charge in [0.25, 0.3) is 0 Å². The zero-order chi connectivity index (χ0) is 22.8. The minimum Gasteiger partial charge on any atom is -0.494 e. The molecular weight excluding hydrogens is 412 g/mol. The zero-order valence-electron chi connectivity index (χ0n) is 19.0. The molecule has 2 N–H and O–H groups in total. The average molecular weight is 441 g/mol. The van der Waals surface area contributed by atoms with Gasteiger partial charge in [0.05, 0.1) is 12.8 Å². The van der Waals surface area contributed by atoms with Crippen molar-refractivity contribution in [2.45, 2.75) is 32.2 Å². The summed E-state index contributed by atoms with van der Waals surface area (Å²) < 4.78 is 5.50. The molecule has 0 bridgehead atoms. The molecule has 33 heavy (non-hydrogen) atoms. The van der Waals surface area contributed by atoms with E-state index in [-0.39, 0.29) is 5.95 Å². The quantitative estimate of drug-likeness (QED) is 0.493. The van der Waals surface area contributed by atoms with Gasteiger partial charge in [0.15, 0.2) is 0 Å². The third-order valence-electron chi connectivity index (χ3n) is 6.33. The maximum Gasteiger partial charge on any atom is 0.219 e. The lowest BCUT2D eigenvalue weighted by molar-refractivity contribution is 0.201. The number of para-hydroxylation sites is 1. The first-order chi connectivity index (χ1) is 16.1. The lowest BCUT2D eigenvalue weighted by Gasteiger charge is -2.31. The lowest BCUT2D eigenvalue weighted by Crippen LogP contribution is -2.33. The van der Waals surface area contributed by atoms with Gasteiger partial charge in [0, 0.05) is 47.2 Å². The number of aryl methyl sites for hydroxylation is 1. The molecule has 3 aromatic heterocycles. The predicted octanol–water partition coefficient (Wildman–Crippen LogP) is 4.37.